The van der Waals surface area contributed by atoms with Gasteiger partial charge >= 0.3 is 0 Å². The molecular weight excluding hydrogens is 276 g/mol. The first-order valence-electron chi connectivity index (χ1n) is 7.12. The second-order valence-corrected chi connectivity index (χ2v) is 5.42. The van der Waals surface area contributed by atoms with Gasteiger partial charge in [0.25, 0.3) is 0 Å². The lowest BCUT2D eigenvalue weighted by Gasteiger charge is -2.32. The Morgan fingerprint density at radius 2 is 2.35 bits per heavy atom. The number of nitrogens with zero attached hydrogens (tertiary/aromatic N) is 1. The molecule has 0 aromatic heterocycles. The van der Waals surface area contributed by atoms with Crippen molar-refractivity contribution in [2.75, 3.05) is 39.9 Å². The van der Waals surface area contributed by atoms with Gasteiger partial charge in [0.15, 0.2) is 0 Å². The Morgan fingerprint density at radius 3 is 3.10 bits per heavy atom. The van der Waals surface area contributed by atoms with Gasteiger partial charge in [-0.3, -0.25) is 4.90 Å². The summed E-state index contributed by atoms with van der Waals surface area (Å²) in [6.07, 6.45) is 0.141. The monoisotopic (exact) mass is 298 g/mol. The van der Waals surface area contributed by atoms with Crippen LogP contribution in [-0.2, 0) is 11.3 Å². The number of rotatable bonds is 6. The molecule has 0 spiro atoms. The standard InChI is InChI=1S/C15H23ClN2O2/c1-3-18-6-7-19-14(10-18)11-20-15-5-4-13(16)8-12(15)9-17-2/h4-5,8,14,17H,3,6-7,9-11H2,1-2H3. The van der Waals surface area contributed by atoms with Crippen LogP contribution in [0.1, 0.15) is 12.5 Å². The summed E-state index contributed by atoms with van der Waals surface area (Å²) in [7, 11) is 1.91. The van der Waals surface area contributed by atoms with E-state index in [0.29, 0.717) is 6.61 Å². The predicted octanol–water partition coefficient (Wildman–Crippen LogP) is 2.16. The topological polar surface area (TPSA) is 33.7 Å². The van der Waals surface area contributed by atoms with Gasteiger partial charge in [0.05, 0.1) is 6.61 Å². The van der Waals surface area contributed by atoms with Crippen LogP contribution in [0.3, 0.4) is 0 Å². The van der Waals surface area contributed by atoms with Gasteiger partial charge in [-0.15, -0.1) is 0 Å². The number of hydrogen-bond donors (Lipinski definition) is 1. The smallest absolute Gasteiger partial charge is 0.124 e. The molecule has 0 bridgehead atoms. The van der Waals surface area contributed by atoms with Crippen LogP contribution in [0.4, 0.5) is 0 Å². The highest BCUT2D eigenvalue weighted by Crippen LogP contribution is 2.23. The normalized spacial score (nSPS) is 20.1. The highest BCUT2D eigenvalue weighted by atomic mass is 35.5. The molecule has 2 rings (SSSR count). The Kier molecular flexibility index (Phi) is 6.10. The SMILES string of the molecule is CCN1CCOC(COc2ccc(Cl)cc2CNC)C1. The van der Waals surface area contributed by atoms with Crippen molar-refractivity contribution in [3.8, 4) is 5.75 Å². The van der Waals surface area contributed by atoms with Crippen molar-refractivity contribution < 1.29 is 9.47 Å². The van der Waals surface area contributed by atoms with E-state index in [-0.39, 0.29) is 6.10 Å². The molecule has 0 saturated carbocycles. The molecule has 1 fully saturated rings. The Balaban J connectivity index is 1.93. The third-order valence-electron chi connectivity index (χ3n) is 3.48. The second-order valence-electron chi connectivity index (χ2n) is 4.98. The minimum absolute atomic E-state index is 0.141. The zero-order valence-corrected chi connectivity index (χ0v) is 12.9. The van der Waals surface area contributed by atoms with Crippen molar-refractivity contribution >= 4 is 11.6 Å². The first-order valence-corrected chi connectivity index (χ1v) is 7.50. The van der Waals surface area contributed by atoms with E-state index in [2.05, 4.69) is 17.1 Å². The number of likely N-dealkylation sites (N-methyl/N-ethyl adjacent to an activating group) is 1. The third-order valence-corrected chi connectivity index (χ3v) is 3.72. The molecule has 1 aromatic rings. The maximum absolute atomic E-state index is 6.02. The van der Waals surface area contributed by atoms with Crippen LogP contribution in [0.2, 0.25) is 5.02 Å². The van der Waals surface area contributed by atoms with Gasteiger partial charge < -0.3 is 14.8 Å². The first kappa shape index (κ1) is 15.6. The average molecular weight is 299 g/mol. The Labute approximate surface area is 126 Å². The van der Waals surface area contributed by atoms with Gasteiger partial charge in [-0.05, 0) is 31.8 Å². The van der Waals surface area contributed by atoms with Gasteiger partial charge in [0, 0.05) is 30.2 Å². The molecule has 1 N–H and O–H groups in total. The van der Waals surface area contributed by atoms with E-state index in [1.54, 1.807) is 0 Å². The average Bonchev–Trinajstić information content (AvgIpc) is 2.47. The Bertz CT molecular complexity index is 428. The lowest BCUT2D eigenvalue weighted by Crippen LogP contribution is -2.44. The number of nitrogens with one attached hydrogen (secondary N) is 1. The molecule has 1 aromatic carbocycles. The molecule has 0 amide bonds. The van der Waals surface area contributed by atoms with Crippen molar-refractivity contribution in [1.29, 1.82) is 0 Å². The second kappa shape index (κ2) is 7.84. The van der Waals surface area contributed by atoms with Crippen molar-refractivity contribution in [1.82, 2.24) is 10.2 Å². The molecule has 4 nitrogen and oxygen atoms in total. The molecule has 112 valence electrons. The summed E-state index contributed by atoms with van der Waals surface area (Å²) < 4.78 is 11.7. The fourth-order valence-corrected chi connectivity index (χ4v) is 2.56. The van der Waals surface area contributed by atoms with Crippen LogP contribution >= 0.6 is 11.6 Å². The van der Waals surface area contributed by atoms with Gasteiger partial charge in [-0.1, -0.05) is 18.5 Å². The summed E-state index contributed by atoms with van der Waals surface area (Å²) in [5.74, 6) is 0.876. The van der Waals surface area contributed by atoms with E-state index in [1.807, 2.05) is 25.2 Å². The minimum atomic E-state index is 0.141. The molecule has 0 radical (unpaired) electrons. The molecule has 5 heteroatoms. The largest absolute Gasteiger partial charge is 0.490 e. The molecular formula is C15H23ClN2O2. The fraction of sp³-hybridized carbons (Fsp3) is 0.600. The summed E-state index contributed by atoms with van der Waals surface area (Å²) in [5.41, 5.74) is 1.07. The number of ether oxygens (including phenoxy) is 2. The van der Waals surface area contributed by atoms with Crippen molar-refractivity contribution in [3.63, 3.8) is 0 Å². The maximum atomic E-state index is 6.02. The molecule has 1 unspecified atom stereocenters. The van der Waals surface area contributed by atoms with Crippen LogP contribution in [-0.4, -0.2) is 50.9 Å². The highest BCUT2D eigenvalue weighted by molar-refractivity contribution is 6.30. The predicted molar refractivity (Wildman–Crippen MR) is 81.6 cm³/mol. The third kappa shape index (κ3) is 4.35. The molecule has 1 saturated heterocycles. The van der Waals surface area contributed by atoms with Gasteiger partial charge in [-0.2, -0.15) is 0 Å². The summed E-state index contributed by atoms with van der Waals surface area (Å²) >= 11 is 6.02. The Hall–Kier alpha value is -0.810. The summed E-state index contributed by atoms with van der Waals surface area (Å²) in [6.45, 7) is 7.28. The van der Waals surface area contributed by atoms with E-state index < -0.39 is 0 Å². The molecule has 20 heavy (non-hydrogen) atoms. The number of benzene rings is 1. The minimum Gasteiger partial charge on any atom is -0.490 e. The van der Waals surface area contributed by atoms with Gasteiger partial charge in [-0.25, -0.2) is 0 Å². The van der Waals surface area contributed by atoms with E-state index in [0.717, 1.165) is 49.1 Å². The molecule has 1 atom stereocenters. The van der Waals surface area contributed by atoms with Crippen molar-refractivity contribution in [3.05, 3.63) is 28.8 Å². The number of halogens is 1. The lowest BCUT2D eigenvalue weighted by atomic mass is 10.2. The Morgan fingerprint density at radius 1 is 1.50 bits per heavy atom. The fourth-order valence-electron chi connectivity index (χ4n) is 2.37. The molecule has 1 heterocycles. The van der Waals surface area contributed by atoms with Crippen molar-refractivity contribution in [2.45, 2.75) is 19.6 Å². The van der Waals surface area contributed by atoms with E-state index in [9.17, 15) is 0 Å². The number of morpholine rings is 1. The zero-order valence-electron chi connectivity index (χ0n) is 12.2. The van der Waals surface area contributed by atoms with Crippen LogP contribution in [0.25, 0.3) is 0 Å². The van der Waals surface area contributed by atoms with Crippen LogP contribution in [0, 0.1) is 0 Å². The molecule has 1 aliphatic rings. The van der Waals surface area contributed by atoms with Gasteiger partial charge in [0.1, 0.15) is 18.5 Å². The highest BCUT2D eigenvalue weighted by Gasteiger charge is 2.20. The summed E-state index contributed by atoms with van der Waals surface area (Å²) in [4.78, 5) is 2.38. The van der Waals surface area contributed by atoms with Crippen LogP contribution in [0.5, 0.6) is 5.75 Å². The van der Waals surface area contributed by atoms with E-state index in [1.165, 1.54) is 0 Å². The van der Waals surface area contributed by atoms with Crippen molar-refractivity contribution in [2.24, 2.45) is 0 Å². The van der Waals surface area contributed by atoms with Crippen LogP contribution < -0.4 is 10.1 Å². The maximum Gasteiger partial charge on any atom is 0.124 e. The van der Waals surface area contributed by atoms with E-state index >= 15 is 0 Å². The van der Waals surface area contributed by atoms with Crippen LogP contribution in [0.15, 0.2) is 18.2 Å². The van der Waals surface area contributed by atoms with E-state index in [4.69, 9.17) is 21.1 Å². The lowest BCUT2D eigenvalue weighted by molar-refractivity contribution is -0.0465. The summed E-state index contributed by atoms with van der Waals surface area (Å²) in [5, 5.41) is 3.86. The number of hydrogen-bond acceptors (Lipinski definition) is 4. The molecule has 1 aliphatic heterocycles. The van der Waals surface area contributed by atoms with Gasteiger partial charge in [0.2, 0.25) is 0 Å². The first-order chi connectivity index (χ1) is 9.72. The zero-order chi connectivity index (χ0) is 14.4. The summed E-state index contributed by atoms with van der Waals surface area (Å²) in [6, 6.07) is 5.72. The quantitative estimate of drug-likeness (QED) is 0.873. The molecule has 0 aliphatic carbocycles.